The van der Waals surface area contributed by atoms with Crippen molar-refractivity contribution in [2.45, 2.75) is 13.8 Å². The third-order valence-corrected chi connectivity index (χ3v) is 2.76. The van der Waals surface area contributed by atoms with E-state index < -0.39 is 23.1 Å². The van der Waals surface area contributed by atoms with Gasteiger partial charge in [-0.3, -0.25) is 9.59 Å². The molecule has 1 aromatic carbocycles. The lowest BCUT2D eigenvalue weighted by atomic mass is 9.94. The first kappa shape index (κ1) is 14.4. The molecule has 18 heavy (non-hydrogen) atoms. The molecule has 0 aromatic heterocycles. The van der Waals surface area contributed by atoms with Crippen LogP contribution in [0.2, 0.25) is 5.02 Å². The second kappa shape index (κ2) is 5.35. The molecule has 4 nitrogen and oxygen atoms in total. The number of hydrogen-bond donors (Lipinski definition) is 2. The van der Waals surface area contributed by atoms with Crippen molar-refractivity contribution in [1.29, 1.82) is 0 Å². The van der Waals surface area contributed by atoms with Crippen molar-refractivity contribution in [3.63, 3.8) is 0 Å². The van der Waals surface area contributed by atoms with E-state index in [2.05, 4.69) is 5.32 Å². The van der Waals surface area contributed by atoms with Gasteiger partial charge >= 0.3 is 5.97 Å². The van der Waals surface area contributed by atoms with Gasteiger partial charge < -0.3 is 10.4 Å². The molecule has 0 aliphatic heterocycles. The number of benzene rings is 1. The zero-order valence-electron chi connectivity index (χ0n) is 9.96. The smallest absolute Gasteiger partial charge is 0.310 e. The molecule has 0 aliphatic rings. The summed E-state index contributed by atoms with van der Waals surface area (Å²) in [4.78, 5) is 22.5. The predicted octanol–water partition coefficient (Wildman–Crippen LogP) is 2.32. The monoisotopic (exact) mass is 273 g/mol. The van der Waals surface area contributed by atoms with E-state index >= 15 is 0 Å². The average Bonchev–Trinajstić information content (AvgIpc) is 2.29. The maximum Gasteiger partial charge on any atom is 0.310 e. The Bertz CT molecular complexity index is 488. The summed E-state index contributed by atoms with van der Waals surface area (Å²) in [6.07, 6.45) is 0. The third kappa shape index (κ3) is 3.43. The largest absolute Gasteiger partial charge is 0.481 e. The second-order valence-electron chi connectivity index (χ2n) is 4.50. The van der Waals surface area contributed by atoms with Crippen molar-refractivity contribution in [3.05, 3.63) is 34.6 Å². The number of aliphatic carboxylic acids is 1. The van der Waals surface area contributed by atoms with E-state index in [0.29, 0.717) is 0 Å². The Morgan fingerprint density at radius 1 is 1.44 bits per heavy atom. The molecule has 0 radical (unpaired) electrons. The fourth-order valence-electron chi connectivity index (χ4n) is 1.12. The molecule has 1 rings (SSSR count). The number of rotatable bonds is 4. The molecule has 0 fully saturated rings. The van der Waals surface area contributed by atoms with Crippen LogP contribution in [0.5, 0.6) is 0 Å². The van der Waals surface area contributed by atoms with E-state index in [0.717, 1.165) is 6.07 Å². The van der Waals surface area contributed by atoms with Gasteiger partial charge in [0.05, 0.1) is 10.4 Å². The fourth-order valence-corrected chi connectivity index (χ4v) is 1.23. The molecule has 2 N–H and O–H groups in total. The number of halogens is 2. The van der Waals surface area contributed by atoms with Gasteiger partial charge in [-0.15, -0.1) is 0 Å². The van der Waals surface area contributed by atoms with Gasteiger partial charge in [-0.2, -0.15) is 0 Å². The van der Waals surface area contributed by atoms with Crippen LogP contribution in [0.15, 0.2) is 18.2 Å². The predicted molar refractivity (Wildman–Crippen MR) is 65.2 cm³/mol. The van der Waals surface area contributed by atoms with E-state index in [1.807, 2.05) is 0 Å². The minimum atomic E-state index is -1.08. The number of nitrogens with one attached hydrogen (secondary N) is 1. The molecule has 1 amide bonds. The highest BCUT2D eigenvalue weighted by Crippen LogP contribution is 2.16. The van der Waals surface area contributed by atoms with Gasteiger partial charge in [0, 0.05) is 12.1 Å². The van der Waals surface area contributed by atoms with Crippen molar-refractivity contribution < 1.29 is 19.1 Å². The normalized spacial score (nSPS) is 11.1. The zero-order valence-corrected chi connectivity index (χ0v) is 10.7. The van der Waals surface area contributed by atoms with Crippen LogP contribution in [0.25, 0.3) is 0 Å². The molecule has 0 atom stereocenters. The van der Waals surface area contributed by atoms with E-state index in [1.165, 1.54) is 26.0 Å². The lowest BCUT2D eigenvalue weighted by Crippen LogP contribution is -2.38. The van der Waals surface area contributed by atoms with E-state index in [4.69, 9.17) is 16.7 Å². The Morgan fingerprint density at radius 2 is 2.06 bits per heavy atom. The van der Waals surface area contributed by atoms with Gasteiger partial charge in [-0.1, -0.05) is 11.6 Å². The molecule has 98 valence electrons. The quantitative estimate of drug-likeness (QED) is 0.885. The summed E-state index contributed by atoms with van der Waals surface area (Å²) in [6.45, 7) is 2.92. The zero-order chi connectivity index (χ0) is 13.9. The number of carboxylic acids is 1. The van der Waals surface area contributed by atoms with Crippen LogP contribution in [0.4, 0.5) is 4.39 Å². The van der Waals surface area contributed by atoms with Gasteiger partial charge in [0.15, 0.2) is 0 Å². The van der Waals surface area contributed by atoms with Crippen molar-refractivity contribution in [2.75, 3.05) is 6.54 Å². The fraction of sp³-hybridized carbons (Fsp3) is 0.333. The van der Waals surface area contributed by atoms with E-state index in [9.17, 15) is 14.0 Å². The minimum absolute atomic E-state index is 0.0502. The average molecular weight is 274 g/mol. The lowest BCUT2D eigenvalue weighted by molar-refractivity contribution is -0.146. The summed E-state index contributed by atoms with van der Waals surface area (Å²) < 4.78 is 13.1. The summed E-state index contributed by atoms with van der Waals surface area (Å²) in [5.41, 5.74) is -0.987. The molecule has 1 aromatic rings. The van der Waals surface area contributed by atoms with Gasteiger partial charge in [-0.25, -0.2) is 4.39 Å². The summed E-state index contributed by atoms with van der Waals surface area (Å²) in [5.74, 6) is -2.26. The first-order valence-corrected chi connectivity index (χ1v) is 5.58. The molecule has 0 saturated heterocycles. The Kier molecular flexibility index (Phi) is 4.29. The van der Waals surface area contributed by atoms with Crippen molar-refractivity contribution in [3.8, 4) is 0 Å². The van der Waals surface area contributed by atoms with Crippen LogP contribution in [0, 0.1) is 11.2 Å². The van der Waals surface area contributed by atoms with Crippen LogP contribution in [0.1, 0.15) is 24.2 Å². The topological polar surface area (TPSA) is 66.4 Å². The highest BCUT2D eigenvalue weighted by atomic mass is 35.5. The summed E-state index contributed by atoms with van der Waals surface area (Å²) in [5, 5.41) is 11.2. The molecule has 0 aliphatic carbocycles. The minimum Gasteiger partial charge on any atom is -0.481 e. The van der Waals surface area contributed by atoms with Crippen molar-refractivity contribution in [2.24, 2.45) is 5.41 Å². The van der Waals surface area contributed by atoms with Crippen LogP contribution in [-0.2, 0) is 4.79 Å². The Balaban J connectivity index is 2.72. The standard InChI is InChI=1S/C12H13ClFNO3/c1-12(2,11(17)18)6-15-10(16)7-3-4-8(13)9(14)5-7/h3-5H,6H2,1-2H3,(H,15,16)(H,17,18). The van der Waals surface area contributed by atoms with E-state index in [-0.39, 0.29) is 17.1 Å². The van der Waals surface area contributed by atoms with Gasteiger partial charge in [0.2, 0.25) is 0 Å². The highest BCUT2D eigenvalue weighted by molar-refractivity contribution is 6.30. The van der Waals surface area contributed by atoms with Gasteiger partial charge in [-0.05, 0) is 32.0 Å². The number of carbonyl (C=O) groups is 2. The number of carboxylic acid groups (broad SMARTS) is 1. The first-order valence-electron chi connectivity index (χ1n) is 5.20. The van der Waals surface area contributed by atoms with Gasteiger partial charge in [0.25, 0.3) is 5.91 Å². The van der Waals surface area contributed by atoms with Gasteiger partial charge in [0.1, 0.15) is 5.82 Å². The summed E-state index contributed by atoms with van der Waals surface area (Å²) >= 11 is 5.49. The van der Waals surface area contributed by atoms with Crippen LogP contribution in [-0.4, -0.2) is 23.5 Å². The Morgan fingerprint density at radius 3 is 2.56 bits per heavy atom. The van der Waals surface area contributed by atoms with Crippen LogP contribution < -0.4 is 5.32 Å². The molecular formula is C12H13ClFNO3. The molecule has 6 heteroatoms. The first-order chi connectivity index (χ1) is 8.24. The van der Waals surface area contributed by atoms with Crippen LogP contribution in [0.3, 0.4) is 0 Å². The number of amides is 1. The van der Waals surface area contributed by atoms with Crippen molar-refractivity contribution in [1.82, 2.24) is 5.32 Å². The van der Waals surface area contributed by atoms with Crippen LogP contribution >= 0.6 is 11.6 Å². The third-order valence-electron chi connectivity index (χ3n) is 2.45. The highest BCUT2D eigenvalue weighted by Gasteiger charge is 2.27. The molecule has 0 heterocycles. The molecule has 0 bridgehead atoms. The SMILES string of the molecule is CC(C)(CNC(=O)c1ccc(Cl)c(F)c1)C(=O)O. The summed E-state index contributed by atoms with van der Waals surface area (Å²) in [6, 6.07) is 3.65. The number of carbonyl (C=O) groups excluding carboxylic acids is 1. The summed E-state index contributed by atoms with van der Waals surface area (Å²) in [7, 11) is 0. The lowest BCUT2D eigenvalue weighted by Gasteiger charge is -2.19. The molecule has 0 unspecified atom stereocenters. The van der Waals surface area contributed by atoms with E-state index in [1.54, 1.807) is 0 Å². The maximum absolute atomic E-state index is 13.1. The Labute approximate surface area is 109 Å². The second-order valence-corrected chi connectivity index (χ2v) is 4.91. The molecule has 0 saturated carbocycles. The Hall–Kier alpha value is -1.62. The maximum atomic E-state index is 13.1. The molecule has 0 spiro atoms. The number of hydrogen-bond acceptors (Lipinski definition) is 2. The molecular weight excluding hydrogens is 261 g/mol. The van der Waals surface area contributed by atoms with Crippen molar-refractivity contribution >= 4 is 23.5 Å².